The zero-order valence-electron chi connectivity index (χ0n) is 18.0. The summed E-state index contributed by atoms with van der Waals surface area (Å²) in [4.78, 5) is 30.1. The number of nitrogens with zero attached hydrogens (tertiary/aromatic N) is 2. The first kappa shape index (κ1) is 21.0. The van der Waals surface area contributed by atoms with E-state index in [0.29, 0.717) is 21.9 Å². The van der Waals surface area contributed by atoms with Gasteiger partial charge in [-0.3, -0.25) is 14.9 Å². The summed E-state index contributed by atoms with van der Waals surface area (Å²) in [6.07, 6.45) is 1.85. The standard InChI is InChI=1S/C22H28N4O2S/c1-13-8-10-14(11-9-13)18(27)24-20-23-17-16(29-20)15(12-26(17)22(5,6)7)19(28)25-21(2,3)4/h8-12H,1-7H3,(H,25,28)(H,23,24,27). The van der Waals surface area contributed by atoms with Crippen LogP contribution in [-0.2, 0) is 5.54 Å². The van der Waals surface area contributed by atoms with Crippen molar-refractivity contribution in [3.05, 3.63) is 47.2 Å². The zero-order chi connectivity index (χ0) is 21.6. The highest BCUT2D eigenvalue weighted by atomic mass is 32.1. The average Bonchev–Trinajstić information content (AvgIpc) is 3.11. The Bertz CT molecular complexity index is 1060. The molecule has 2 N–H and O–H groups in total. The number of amides is 2. The van der Waals surface area contributed by atoms with Crippen molar-refractivity contribution in [1.29, 1.82) is 0 Å². The smallest absolute Gasteiger partial charge is 0.257 e. The maximum absolute atomic E-state index is 12.9. The number of fused-ring (bicyclic) bond motifs is 1. The van der Waals surface area contributed by atoms with E-state index in [4.69, 9.17) is 0 Å². The SMILES string of the molecule is Cc1ccc(C(=O)Nc2nc3c(s2)c(C(=O)NC(C)(C)C)cn3C(C)(C)C)cc1. The maximum Gasteiger partial charge on any atom is 0.257 e. The summed E-state index contributed by atoms with van der Waals surface area (Å²) in [5.74, 6) is -0.366. The molecule has 0 bridgehead atoms. The van der Waals surface area contributed by atoms with E-state index in [1.165, 1.54) is 11.3 Å². The third-order valence-corrected chi connectivity index (χ3v) is 5.32. The van der Waals surface area contributed by atoms with Crippen LogP contribution in [0, 0.1) is 6.92 Å². The molecule has 2 heterocycles. The summed E-state index contributed by atoms with van der Waals surface area (Å²) in [6, 6.07) is 7.37. The van der Waals surface area contributed by atoms with Crippen LogP contribution in [0.1, 0.15) is 67.8 Å². The predicted octanol–water partition coefficient (Wildman–Crippen LogP) is 4.94. The van der Waals surface area contributed by atoms with Crippen molar-refractivity contribution in [1.82, 2.24) is 14.9 Å². The lowest BCUT2D eigenvalue weighted by molar-refractivity contribution is 0.0920. The summed E-state index contributed by atoms with van der Waals surface area (Å²) in [6.45, 7) is 14.0. The molecule has 0 spiro atoms. The third kappa shape index (κ3) is 4.67. The fourth-order valence-corrected chi connectivity index (χ4v) is 3.87. The number of aromatic nitrogens is 2. The number of anilines is 1. The van der Waals surface area contributed by atoms with Crippen LogP contribution in [0.2, 0.25) is 0 Å². The van der Waals surface area contributed by atoms with Crippen molar-refractivity contribution < 1.29 is 9.59 Å². The maximum atomic E-state index is 12.9. The van der Waals surface area contributed by atoms with Gasteiger partial charge in [-0.05, 0) is 60.6 Å². The molecular formula is C22H28N4O2S. The molecule has 0 saturated carbocycles. The molecule has 3 rings (SSSR count). The van der Waals surface area contributed by atoms with E-state index in [9.17, 15) is 9.59 Å². The molecular weight excluding hydrogens is 384 g/mol. The van der Waals surface area contributed by atoms with Crippen LogP contribution >= 0.6 is 11.3 Å². The molecule has 3 aromatic rings. The number of carbonyl (C=O) groups is 2. The van der Waals surface area contributed by atoms with Crippen LogP contribution in [0.4, 0.5) is 5.13 Å². The zero-order valence-corrected chi connectivity index (χ0v) is 18.8. The van der Waals surface area contributed by atoms with Gasteiger partial charge in [-0.25, -0.2) is 4.98 Å². The van der Waals surface area contributed by atoms with Crippen molar-refractivity contribution >= 4 is 38.6 Å². The van der Waals surface area contributed by atoms with Gasteiger partial charge < -0.3 is 9.88 Å². The van der Waals surface area contributed by atoms with Crippen molar-refractivity contribution in [3.63, 3.8) is 0 Å². The lowest BCUT2D eigenvalue weighted by Gasteiger charge is -2.22. The van der Waals surface area contributed by atoms with E-state index in [-0.39, 0.29) is 22.9 Å². The van der Waals surface area contributed by atoms with Crippen molar-refractivity contribution in [2.75, 3.05) is 5.32 Å². The minimum absolute atomic E-state index is 0.148. The van der Waals surface area contributed by atoms with E-state index in [1.54, 1.807) is 12.1 Å². The highest BCUT2D eigenvalue weighted by molar-refractivity contribution is 7.22. The Balaban J connectivity index is 1.99. The Hall–Kier alpha value is -2.67. The van der Waals surface area contributed by atoms with Crippen LogP contribution in [0.15, 0.2) is 30.5 Å². The molecule has 0 saturated heterocycles. The molecule has 0 aliphatic rings. The highest BCUT2D eigenvalue weighted by Gasteiger charge is 2.27. The van der Waals surface area contributed by atoms with Gasteiger partial charge in [0.1, 0.15) is 0 Å². The quantitative estimate of drug-likeness (QED) is 0.640. The van der Waals surface area contributed by atoms with E-state index in [2.05, 4.69) is 36.4 Å². The Morgan fingerprint density at radius 2 is 1.62 bits per heavy atom. The monoisotopic (exact) mass is 412 g/mol. The van der Waals surface area contributed by atoms with Gasteiger partial charge >= 0.3 is 0 Å². The topological polar surface area (TPSA) is 76.0 Å². The van der Waals surface area contributed by atoms with E-state index >= 15 is 0 Å². The molecule has 0 fully saturated rings. The van der Waals surface area contributed by atoms with Gasteiger partial charge in [0, 0.05) is 22.8 Å². The van der Waals surface area contributed by atoms with Crippen LogP contribution < -0.4 is 10.6 Å². The predicted molar refractivity (Wildman–Crippen MR) is 119 cm³/mol. The van der Waals surface area contributed by atoms with Gasteiger partial charge in [-0.1, -0.05) is 29.0 Å². The summed E-state index contributed by atoms with van der Waals surface area (Å²) in [5.41, 5.74) is 2.32. The summed E-state index contributed by atoms with van der Waals surface area (Å²) < 4.78 is 2.75. The number of aryl methyl sites for hydroxylation is 1. The second-order valence-corrected chi connectivity index (χ2v) is 10.3. The van der Waals surface area contributed by atoms with Gasteiger partial charge in [0.2, 0.25) is 0 Å². The molecule has 6 nitrogen and oxygen atoms in total. The molecule has 154 valence electrons. The normalized spacial score (nSPS) is 12.2. The lowest BCUT2D eigenvalue weighted by Crippen LogP contribution is -2.40. The van der Waals surface area contributed by atoms with Gasteiger partial charge in [0.05, 0.1) is 10.3 Å². The number of carbonyl (C=O) groups excluding carboxylic acids is 2. The number of thiazole rings is 1. The second kappa shape index (κ2) is 7.30. The van der Waals surface area contributed by atoms with Gasteiger partial charge in [-0.2, -0.15) is 0 Å². The van der Waals surface area contributed by atoms with E-state index in [1.807, 2.05) is 50.6 Å². The number of hydrogen-bond acceptors (Lipinski definition) is 4. The number of rotatable bonds is 3. The van der Waals surface area contributed by atoms with Gasteiger partial charge in [0.15, 0.2) is 10.8 Å². The van der Waals surface area contributed by atoms with Crippen LogP contribution in [0.25, 0.3) is 10.3 Å². The fraction of sp³-hybridized carbons (Fsp3) is 0.409. The molecule has 0 radical (unpaired) electrons. The van der Waals surface area contributed by atoms with E-state index in [0.717, 1.165) is 10.3 Å². The van der Waals surface area contributed by atoms with Crippen molar-refractivity contribution in [3.8, 4) is 0 Å². The first-order chi connectivity index (χ1) is 13.3. The number of hydrogen-bond donors (Lipinski definition) is 2. The second-order valence-electron chi connectivity index (χ2n) is 9.28. The molecule has 1 aromatic carbocycles. The number of benzene rings is 1. The Morgan fingerprint density at radius 3 is 2.17 bits per heavy atom. The van der Waals surface area contributed by atoms with Crippen LogP contribution in [-0.4, -0.2) is 26.9 Å². The molecule has 2 aromatic heterocycles. The summed E-state index contributed by atoms with van der Waals surface area (Å²) >= 11 is 1.32. The summed E-state index contributed by atoms with van der Waals surface area (Å²) in [7, 11) is 0. The first-order valence-corrected chi connectivity index (χ1v) is 10.4. The minimum Gasteiger partial charge on any atom is -0.347 e. The van der Waals surface area contributed by atoms with Crippen LogP contribution in [0.3, 0.4) is 0 Å². The molecule has 0 unspecified atom stereocenters. The Kier molecular flexibility index (Phi) is 5.30. The van der Waals surface area contributed by atoms with E-state index < -0.39 is 0 Å². The van der Waals surface area contributed by atoms with Gasteiger partial charge in [0.25, 0.3) is 11.8 Å². The van der Waals surface area contributed by atoms with Crippen molar-refractivity contribution in [2.24, 2.45) is 0 Å². The summed E-state index contributed by atoms with van der Waals surface area (Å²) in [5, 5.41) is 6.36. The third-order valence-electron chi connectivity index (χ3n) is 4.33. The number of nitrogens with one attached hydrogen (secondary N) is 2. The lowest BCUT2D eigenvalue weighted by atomic mass is 10.1. The molecule has 0 atom stereocenters. The van der Waals surface area contributed by atoms with Crippen LogP contribution in [0.5, 0.6) is 0 Å². The molecule has 2 amide bonds. The molecule has 0 aliphatic heterocycles. The fourth-order valence-electron chi connectivity index (χ4n) is 2.91. The Morgan fingerprint density at radius 1 is 1.00 bits per heavy atom. The average molecular weight is 413 g/mol. The minimum atomic E-state index is -0.347. The van der Waals surface area contributed by atoms with Gasteiger partial charge in [-0.15, -0.1) is 0 Å². The molecule has 29 heavy (non-hydrogen) atoms. The Labute approximate surface area is 175 Å². The van der Waals surface area contributed by atoms with Crippen molar-refractivity contribution in [2.45, 2.75) is 59.5 Å². The first-order valence-electron chi connectivity index (χ1n) is 9.58. The largest absolute Gasteiger partial charge is 0.347 e. The molecule has 0 aliphatic carbocycles. The highest BCUT2D eigenvalue weighted by Crippen LogP contribution is 2.34. The molecule has 7 heteroatoms.